The molecule has 2 rings (SSSR count). The minimum atomic E-state index is -0.341. The quantitative estimate of drug-likeness (QED) is 0.526. The fourth-order valence-corrected chi connectivity index (χ4v) is 3.61. The van der Waals surface area contributed by atoms with Crippen molar-refractivity contribution in [2.45, 2.75) is 39.2 Å². The normalized spacial score (nSPS) is 15.9. The molecule has 2 amide bonds. The van der Waals surface area contributed by atoms with Gasteiger partial charge >= 0.3 is 0 Å². The summed E-state index contributed by atoms with van der Waals surface area (Å²) in [6, 6.07) is 7.67. The molecule has 7 nitrogen and oxygen atoms in total. The Morgan fingerprint density at radius 3 is 2.48 bits per heavy atom. The lowest BCUT2D eigenvalue weighted by atomic mass is 9.84. The predicted molar refractivity (Wildman–Crippen MR) is 109 cm³/mol. The smallest absolute Gasteiger partial charge is 0.230 e. The first-order valence-corrected chi connectivity index (χ1v) is 9.39. The van der Waals surface area contributed by atoms with Crippen molar-refractivity contribution < 1.29 is 9.59 Å². The molecule has 0 radical (unpaired) electrons. The molecule has 0 unspecified atom stereocenters. The van der Waals surface area contributed by atoms with Crippen LogP contribution >= 0.6 is 0 Å². The molecule has 7 heteroatoms. The third kappa shape index (κ3) is 5.70. The van der Waals surface area contributed by atoms with Crippen LogP contribution in [0.3, 0.4) is 0 Å². The Bertz CT molecular complexity index is 693. The molecule has 0 heterocycles. The number of nitrogens with one attached hydrogen (secondary N) is 3. The largest absolute Gasteiger partial charge is 0.355 e. The van der Waals surface area contributed by atoms with Gasteiger partial charge in [-0.3, -0.25) is 14.6 Å². The molecule has 1 aliphatic carbocycles. The minimum Gasteiger partial charge on any atom is -0.355 e. The molecule has 1 fully saturated rings. The van der Waals surface area contributed by atoms with Crippen molar-refractivity contribution in [3.05, 3.63) is 29.8 Å². The maximum absolute atomic E-state index is 12.7. The molecular weight excluding hydrogens is 342 g/mol. The third-order valence-electron chi connectivity index (χ3n) is 4.95. The van der Waals surface area contributed by atoms with E-state index in [1.54, 1.807) is 11.9 Å². The van der Waals surface area contributed by atoms with Gasteiger partial charge in [0.15, 0.2) is 5.96 Å². The van der Waals surface area contributed by atoms with E-state index in [0.29, 0.717) is 19.0 Å². The first-order valence-electron chi connectivity index (χ1n) is 9.39. The standard InChI is InChI=1S/C20H31N5O2/c1-15(26)24-17-9-7-8-16(12-17)13-22-19(21-2)23-14-20(10-5-6-11-20)18(27)25(3)4/h7-9,12H,5-6,10-11,13-14H2,1-4H3,(H,24,26)(H2,21,22,23). The number of aliphatic imine (C=N–C) groups is 1. The van der Waals surface area contributed by atoms with Crippen molar-refractivity contribution in [3.63, 3.8) is 0 Å². The Labute approximate surface area is 161 Å². The average molecular weight is 374 g/mol. The van der Waals surface area contributed by atoms with Crippen molar-refractivity contribution in [2.24, 2.45) is 10.4 Å². The Balaban J connectivity index is 1.94. The van der Waals surface area contributed by atoms with Gasteiger partial charge in [-0.2, -0.15) is 0 Å². The van der Waals surface area contributed by atoms with Gasteiger partial charge in [-0.05, 0) is 30.5 Å². The van der Waals surface area contributed by atoms with Crippen LogP contribution in [0.25, 0.3) is 0 Å². The van der Waals surface area contributed by atoms with E-state index >= 15 is 0 Å². The Morgan fingerprint density at radius 1 is 1.19 bits per heavy atom. The molecule has 0 bridgehead atoms. The number of hydrogen-bond donors (Lipinski definition) is 3. The zero-order valence-corrected chi connectivity index (χ0v) is 16.8. The van der Waals surface area contributed by atoms with Crippen LogP contribution in [-0.2, 0) is 16.1 Å². The van der Waals surface area contributed by atoms with E-state index in [0.717, 1.165) is 36.9 Å². The van der Waals surface area contributed by atoms with Crippen LogP contribution < -0.4 is 16.0 Å². The van der Waals surface area contributed by atoms with Crippen molar-refractivity contribution >= 4 is 23.5 Å². The van der Waals surface area contributed by atoms with Gasteiger partial charge in [0, 0.05) is 46.8 Å². The van der Waals surface area contributed by atoms with Crippen molar-refractivity contribution in [2.75, 3.05) is 33.0 Å². The van der Waals surface area contributed by atoms with E-state index in [-0.39, 0.29) is 17.2 Å². The first-order chi connectivity index (χ1) is 12.9. The summed E-state index contributed by atoms with van der Waals surface area (Å²) in [7, 11) is 5.35. The van der Waals surface area contributed by atoms with Crippen LogP contribution in [-0.4, -0.2) is 50.4 Å². The van der Waals surface area contributed by atoms with Crippen molar-refractivity contribution in [1.29, 1.82) is 0 Å². The van der Waals surface area contributed by atoms with Crippen LogP contribution in [0.2, 0.25) is 0 Å². The number of benzene rings is 1. The summed E-state index contributed by atoms with van der Waals surface area (Å²) in [4.78, 5) is 29.8. The van der Waals surface area contributed by atoms with Gasteiger partial charge in [0.2, 0.25) is 11.8 Å². The second-order valence-corrected chi connectivity index (χ2v) is 7.35. The summed E-state index contributed by atoms with van der Waals surface area (Å²) in [5.74, 6) is 0.758. The molecule has 27 heavy (non-hydrogen) atoms. The molecule has 0 aromatic heterocycles. The van der Waals surface area contributed by atoms with Gasteiger partial charge in [-0.25, -0.2) is 0 Å². The number of guanidine groups is 1. The number of carbonyl (C=O) groups excluding carboxylic acids is 2. The summed E-state index contributed by atoms with van der Waals surface area (Å²) in [5, 5.41) is 9.39. The van der Waals surface area contributed by atoms with Crippen molar-refractivity contribution in [1.82, 2.24) is 15.5 Å². The van der Waals surface area contributed by atoms with Gasteiger partial charge in [0.05, 0.1) is 5.41 Å². The maximum Gasteiger partial charge on any atom is 0.230 e. The van der Waals surface area contributed by atoms with Crippen LogP contribution in [0.5, 0.6) is 0 Å². The summed E-state index contributed by atoms with van der Waals surface area (Å²) in [6.45, 7) is 2.64. The first kappa shape index (κ1) is 20.7. The van der Waals surface area contributed by atoms with Crippen molar-refractivity contribution in [3.8, 4) is 0 Å². The number of hydrogen-bond acceptors (Lipinski definition) is 3. The predicted octanol–water partition coefficient (Wildman–Crippen LogP) is 1.96. The monoisotopic (exact) mass is 373 g/mol. The lowest BCUT2D eigenvalue weighted by Gasteiger charge is -2.31. The van der Waals surface area contributed by atoms with Gasteiger partial charge in [0.25, 0.3) is 0 Å². The zero-order valence-electron chi connectivity index (χ0n) is 16.8. The van der Waals surface area contributed by atoms with Crippen LogP contribution in [0.1, 0.15) is 38.2 Å². The third-order valence-corrected chi connectivity index (χ3v) is 4.95. The van der Waals surface area contributed by atoms with E-state index in [4.69, 9.17) is 0 Å². The lowest BCUT2D eigenvalue weighted by molar-refractivity contribution is -0.138. The average Bonchev–Trinajstić information content (AvgIpc) is 3.11. The number of amides is 2. The molecule has 1 aromatic carbocycles. The fraction of sp³-hybridized carbons (Fsp3) is 0.550. The Morgan fingerprint density at radius 2 is 1.89 bits per heavy atom. The molecule has 1 aromatic rings. The molecule has 3 N–H and O–H groups in total. The number of carbonyl (C=O) groups is 2. The van der Waals surface area contributed by atoms with E-state index in [1.165, 1.54) is 6.92 Å². The molecule has 1 saturated carbocycles. The fourth-order valence-electron chi connectivity index (χ4n) is 3.61. The molecular formula is C20H31N5O2. The molecule has 0 aliphatic heterocycles. The highest BCUT2D eigenvalue weighted by atomic mass is 16.2. The second kappa shape index (κ2) is 9.39. The minimum absolute atomic E-state index is 0.0926. The maximum atomic E-state index is 12.7. The second-order valence-electron chi connectivity index (χ2n) is 7.35. The summed E-state index contributed by atoms with van der Waals surface area (Å²) in [5.41, 5.74) is 1.46. The van der Waals surface area contributed by atoms with Gasteiger partial charge in [-0.1, -0.05) is 25.0 Å². The van der Waals surface area contributed by atoms with Crippen LogP contribution in [0.4, 0.5) is 5.69 Å². The molecule has 0 spiro atoms. The van der Waals surface area contributed by atoms with E-state index < -0.39 is 0 Å². The topological polar surface area (TPSA) is 85.8 Å². The number of nitrogens with zero attached hydrogens (tertiary/aromatic N) is 2. The molecule has 1 aliphatic rings. The highest BCUT2D eigenvalue weighted by molar-refractivity contribution is 5.88. The van der Waals surface area contributed by atoms with E-state index in [1.807, 2.05) is 38.4 Å². The molecule has 0 saturated heterocycles. The van der Waals surface area contributed by atoms with Gasteiger partial charge in [-0.15, -0.1) is 0 Å². The van der Waals surface area contributed by atoms with Crippen LogP contribution in [0, 0.1) is 5.41 Å². The molecule has 148 valence electrons. The summed E-state index contributed by atoms with van der Waals surface area (Å²) < 4.78 is 0. The zero-order chi connectivity index (χ0) is 19.9. The highest BCUT2D eigenvalue weighted by Crippen LogP contribution is 2.38. The SMILES string of the molecule is CN=C(NCc1cccc(NC(C)=O)c1)NCC1(C(=O)N(C)C)CCCC1. The Hall–Kier alpha value is -2.57. The Kier molecular flexibility index (Phi) is 7.21. The molecule has 0 atom stereocenters. The van der Waals surface area contributed by atoms with Gasteiger partial charge < -0.3 is 20.9 Å². The van der Waals surface area contributed by atoms with E-state index in [2.05, 4.69) is 20.9 Å². The van der Waals surface area contributed by atoms with E-state index in [9.17, 15) is 9.59 Å². The van der Waals surface area contributed by atoms with Gasteiger partial charge in [0.1, 0.15) is 0 Å². The lowest BCUT2D eigenvalue weighted by Crippen LogP contribution is -2.49. The summed E-state index contributed by atoms with van der Waals surface area (Å²) >= 11 is 0. The number of anilines is 1. The van der Waals surface area contributed by atoms with Crippen LogP contribution in [0.15, 0.2) is 29.3 Å². The summed E-state index contributed by atoms with van der Waals surface area (Å²) in [6.07, 6.45) is 3.99. The number of rotatable bonds is 6. The highest BCUT2D eigenvalue weighted by Gasteiger charge is 2.42.